The van der Waals surface area contributed by atoms with Gasteiger partial charge < -0.3 is 19.9 Å². The summed E-state index contributed by atoms with van der Waals surface area (Å²) < 4.78 is 2.19. The molecule has 0 aliphatic rings. The first-order valence-electron chi connectivity index (χ1n) is 15.8. The second-order valence-corrected chi connectivity index (χ2v) is 11.7. The van der Waals surface area contributed by atoms with Crippen molar-refractivity contribution in [3.8, 4) is 0 Å². The number of nitrogens with zero attached hydrogens (tertiary/aromatic N) is 5. The summed E-state index contributed by atoms with van der Waals surface area (Å²) >= 11 is 0. The van der Waals surface area contributed by atoms with Gasteiger partial charge >= 0.3 is 0 Å². The van der Waals surface area contributed by atoms with Crippen LogP contribution < -0.4 is 5.32 Å². The third-order valence-electron chi connectivity index (χ3n) is 8.87. The van der Waals surface area contributed by atoms with Crippen LogP contribution in [0, 0.1) is 0 Å². The Balaban J connectivity index is 1.21. The minimum absolute atomic E-state index is 0.246. The zero-order valence-electron chi connectivity index (χ0n) is 25.6. The Kier molecular flexibility index (Phi) is 7.47. The summed E-state index contributed by atoms with van der Waals surface area (Å²) in [5.74, 6) is 1.23. The van der Waals surface area contributed by atoms with Gasteiger partial charge in [0.1, 0.15) is 11.5 Å². The van der Waals surface area contributed by atoms with Crippen LogP contribution in [-0.4, -0.2) is 40.6 Å². The molecule has 0 spiro atoms. The number of aryl methyl sites for hydroxylation is 2. The summed E-state index contributed by atoms with van der Waals surface area (Å²) in [6.45, 7) is 0.554. The van der Waals surface area contributed by atoms with Crippen LogP contribution in [0.4, 0.5) is 0 Å². The molecule has 9 nitrogen and oxygen atoms in total. The van der Waals surface area contributed by atoms with Gasteiger partial charge in [0.2, 0.25) is 0 Å². The van der Waals surface area contributed by atoms with E-state index in [1.165, 1.54) is 34.1 Å². The molecule has 0 aliphatic heterocycles. The first-order chi connectivity index (χ1) is 23.2. The number of hydrogen-bond acceptors (Lipinski definition) is 5. The molecule has 0 saturated carbocycles. The molecule has 8 aromatic rings. The molecule has 0 saturated heterocycles. The van der Waals surface area contributed by atoms with Crippen molar-refractivity contribution in [2.75, 3.05) is 0 Å². The minimum Gasteiger partial charge on any atom is -0.361 e. The fourth-order valence-corrected chi connectivity index (χ4v) is 6.53. The summed E-state index contributed by atoms with van der Waals surface area (Å²) in [6.07, 6.45) is 10.6. The van der Waals surface area contributed by atoms with Crippen LogP contribution in [0.15, 0.2) is 122 Å². The fraction of sp³-hybridized carbons (Fsp3) is 0.132. The number of carbonyl (C=O) groups excluding carboxylic acids is 1. The van der Waals surface area contributed by atoms with E-state index in [4.69, 9.17) is 10.2 Å². The lowest BCUT2D eigenvalue weighted by molar-refractivity contribution is 0.0928. The zero-order chi connectivity index (χ0) is 31.6. The van der Waals surface area contributed by atoms with Crippen molar-refractivity contribution in [1.82, 2.24) is 40.0 Å². The van der Waals surface area contributed by atoms with E-state index < -0.39 is 6.04 Å². The summed E-state index contributed by atoms with van der Waals surface area (Å²) in [6, 6.07) is 30.8. The number of carbonyl (C=O) groups is 1. The fourth-order valence-electron chi connectivity index (χ4n) is 6.53. The number of nitrogens with one attached hydrogen (secondary N) is 3. The quantitative estimate of drug-likeness (QED) is 0.158. The molecule has 9 heteroatoms. The van der Waals surface area contributed by atoms with Gasteiger partial charge in [-0.1, -0.05) is 78.9 Å². The highest BCUT2D eigenvalue weighted by Gasteiger charge is 2.26. The number of para-hydroxylation sites is 2. The van der Waals surface area contributed by atoms with E-state index in [1.807, 2.05) is 24.4 Å². The third kappa shape index (κ3) is 5.63. The van der Waals surface area contributed by atoms with E-state index >= 15 is 0 Å². The van der Waals surface area contributed by atoms with Gasteiger partial charge in [-0.05, 0) is 46.0 Å². The van der Waals surface area contributed by atoms with E-state index in [2.05, 4.69) is 109 Å². The summed E-state index contributed by atoms with van der Waals surface area (Å²) in [4.78, 5) is 28.7. The second kappa shape index (κ2) is 12.4. The van der Waals surface area contributed by atoms with Crippen LogP contribution in [0.1, 0.15) is 44.9 Å². The van der Waals surface area contributed by atoms with Crippen molar-refractivity contribution in [2.45, 2.75) is 31.8 Å². The largest absolute Gasteiger partial charge is 0.361 e. The van der Waals surface area contributed by atoms with Crippen LogP contribution in [-0.2, 0) is 25.8 Å². The molecule has 1 atom stereocenters. The molecule has 3 N–H and O–H groups in total. The number of rotatable bonds is 10. The number of hydrogen-bond donors (Lipinski definition) is 3. The molecular weight excluding hydrogens is 584 g/mol. The standard InChI is InChI=1S/C38H32N8O/c47-38(35-23-39-18-19-40-35)43-34(20-28-22-42-33-15-6-4-13-31(28)33)37-45-44-36(17-16-26-21-41-32-14-5-3-12-30(26)32)46(37)24-27-10-7-9-25-8-1-2-11-29(25)27/h1-15,18-19,21-23,34,41-42H,16-17,20,24H2,(H,43,47)/t34-/m1/s1. The van der Waals surface area contributed by atoms with Gasteiger partial charge in [0.25, 0.3) is 5.91 Å². The van der Waals surface area contributed by atoms with Gasteiger partial charge in [-0.3, -0.25) is 9.78 Å². The van der Waals surface area contributed by atoms with E-state index in [1.54, 1.807) is 6.20 Å². The Labute approximate surface area is 270 Å². The van der Waals surface area contributed by atoms with Crippen LogP contribution in [0.2, 0.25) is 0 Å². The summed E-state index contributed by atoms with van der Waals surface area (Å²) in [5.41, 5.74) is 5.86. The maximum absolute atomic E-state index is 13.6. The molecule has 0 unspecified atom stereocenters. The van der Waals surface area contributed by atoms with E-state index in [-0.39, 0.29) is 11.6 Å². The van der Waals surface area contributed by atoms with Crippen LogP contribution in [0.5, 0.6) is 0 Å². The lowest BCUT2D eigenvalue weighted by atomic mass is 10.0. The predicted octanol–water partition coefficient (Wildman–Crippen LogP) is 6.73. The van der Waals surface area contributed by atoms with Crippen molar-refractivity contribution in [1.29, 1.82) is 0 Å². The number of aromatic nitrogens is 7. The Hall–Kier alpha value is -6.09. The molecule has 1 amide bonds. The normalized spacial score (nSPS) is 12.2. The predicted molar refractivity (Wildman–Crippen MR) is 183 cm³/mol. The van der Waals surface area contributed by atoms with Gasteiger partial charge in [0, 0.05) is 59.4 Å². The first kappa shape index (κ1) is 28.4. The average molecular weight is 617 g/mol. The molecule has 47 heavy (non-hydrogen) atoms. The van der Waals surface area contributed by atoms with Crippen LogP contribution in [0.3, 0.4) is 0 Å². The molecule has 4 aromatic carbocycles. The maximum Gasteiger partial charge on any atom is 0.272 e. The van der Waals surface area contributed by atoms with Crippen molar-refractivity contribution in [3.05, 3.63) is 156 Å². The Morgan fingerprint density at radius 1 is 0.723 bits per heavy atom. The van der Waals surface area contributed by atoms with Crippen molar-refractivity contribution in [2.24, 2.45) is 0 Å². The number of fused-ring (bicyclic) bond motifs is 3. The summed E-state index contributed by atoms with van der Waals surface area (Å²) in [5, 5.41) is 17.5. The topological polar surface area (TPSA) is 117 Å². The minimum atomic E-state index is -0.493. The summed E-state index contributed by atoms with van der Waals surface area (Å²) in [7, 11) is 0. The lowest BCUT2D eigenvalue weighted by Gasteiger charge is -2.20. The highest BCUT2D eigenvalue weighted by molar-refractivity contribution is 5.92. The van der Waals surface area contributed by atoms with Crippen molar-refractivity contribution >= 4 is 38.5 Å². The molecule has 8 rings (SSSR count). The molecule has 230 valence electrons. The lowest BCUT2D eigenvalue weighted by Crippen LogP contribution is -2.33. The third-order valence-corrected chi connectivity index (χ3v) is 8.87. The number of H-pyrrole nitrogens is 2. The Morgan fingerprint density at radius 3 is 2.21 bits per heavy atom. The molecule has 0 fully saturated rings. The van der Waals surface area contributed by atoms with Crippen molar-refractivity contribution in [3.63, 3.8) is 0 Å². The van der Waals surface area contributed by atoms with Gasteiger partial charge in [-0.15, -0.1) is 10.2 Å². The molecular formula is C38H32N8O. The first-order valence-corrected chi connectivity index (χ1v) is 15.8. The Morgan fingerprint density at radius 2 is 1.43 bits per heavy atom. The van der Waals surface area contributed by atoms with E-state index in [0.717, 1.165) is 39.8 Å². The maximum atomic E-state index is 13.6. The zero-order valence-corrected chi connectivity index (χ0v) is 25.6. The molecule has 0 radical (unpaired) electrons. The van der Waals surface area contributed by atoms with Gasteiger partial charge in [-0.25, -0.2) is 4.98 Å². The molecule has 0 bridgehead atoms. The van der Waals surface area contributed by atoms with Crippen LogP contribution >= 0.6 is 0 Å². The highest BCUT2D eigenvalue weighted by Crippen LogP contribution is 2.28. The molecule has 4 heterocycles. The monoisotopic (exact) mass is 616 g/mol. The van der Waals surface area contributed by atoms with Gasteiger partial charge in [-0.2, -0.15) is 0 Å². The smallest absolute Gasteiger partial charge is 0.272 e. The number of amides is 1. The van der Waals surface area contributed by atoms with Gasteiger partial charge in [0.15, 0.2) is 5.82 Å². The molecule has 4 aromatic heterocycles. The molecule has 0 aliphatic carbocycles. The van der Waals surface area contributed by atoms with Crippen molar-refractivity contribution < 1.29 is 4.79 Å². The average Bonchev–Trinajstić information content (AvgIpc) is 3.85. The highest BCUT2D eigenvalue weighted by atomic mass is 16.2. The number of benzene rings is 4. The van der Waals surface area contributed by atoms with Crippen LogP contribution in [0.25, 0.3) is 32.6 Å². The number of aromatic amines is 2. The Bertz CT molecular complexity index is 2330. The second-order valence-electron chi connectivity index (χ2n) is 11.7. The SMILES string of the molecule is O=C(N[C@H](Cc1c[nH]c2ccccc12)c1nnc(CCc2c[nH]c3ccccc23)n1Cc1cccc2ccccc12)c1cnccn1. The van der Waals surface area contributed by atoms with E-state index in [0.29, 0.717) is 25.2 Å². The van der Waals surface area contributed by atoms with Gasteiger partial charge in [0.05, 0.1) is 18.8 Å². The van der Waals surface area contributed by atoms with E-state index in [9.17, 15) is 4.79 Å².